The van der Waals surface area contributed by atoms with E-state index in [2.05, 4.69) is 17.8 Å². The van der Waals surface area contributed by atoms with Gasteiger partial charge in [-0.2, -0.15) is 0 Å². The van der Waals surface area contributed by atoms with Crippen LogP contribution >= 0.6 is 0 Å². The Morgan fingerprint density at radius 2 is 1.82 bits per heavy atom. The summed E-state index contributed by atoms with van der Waals surface area (Å²) in [5.74, 6) is -0.387. The summed E-state index contributed by atoms with van der Waals surface area (Å²) in [7, 11) is 1.49. The first-order valence-electron chi connectivity index (χ1n) is 8.88. The fourth-order valence-corrected chi connectivity index (χ4v) is 2.23. The number of amides is 2. The molecule has 28 heavy (non-hydrogen) atoms. The van der Waals surface area contributed by atoms with E-state index >= 15 is 0 Å². The predicted molar refractivity (Wildman–Crippen MR) is 104 cm³/mol. The van der Waals surface area contributed by atoms with Crippen molar-refractivity contribution in [1.29, 1.82) is 0 Å². The summed E-state index contributed by atoms with van der Waals surface area (Å²) in [5.41, 5.74) is 5.57. The Balaban J connectivity index is 1.91. The van der Waals surface area contributed by atoms with Crippen molar-refractivity contribution in [2.75, 3.05) is 13.7 Å². The fourth-order valence-electron chi connectivity index (χ4n) is 2.23. The summed E-state index contributed by atoms with van der Waals surface area (Å²) in [6, 6.07) is 10.4. The number of rotatable bonds is 8. The molecule has 2 aromatic rings. The number of halogens is 1. The molecule has 0 aliphatic heterocycles. The molecule has 6 nitrogen and oxygen atoms in total. The summed E-state index contributed by atoms with van der Waals surface area (Å²) < 4.78 is 23.7. The number of nitrogens with one attached hydrogen (secondary N) is 2. The number of unbranched alkanes of at least 4 members (excludes halogenated alkanes) is 1. The maximum atomic E-state index is 12.8. The van der Waals surface area contributed by atoms with E-state index in [1.165, 1.54) is 49.6 Å². The van der Waals surface area contributed by atoms with Gasteiger partial charge in [0.2, 0.25) is 0 Å². The molecule has 0 aromatic heterocycles. The lowest BCUT2D eigenvalue weighted by Crippen LogP contribution is -2.40. The molecule has 0 bridgehead atoms. The molecule has 2 amide bonds. The molecule has 0 saturated heterocycles. The van der Waals surface area contributed by atoms with Crippen LogP contribution in [0.15, 0.2) is 48.5 Å². The third kappa shape index (κ3) is 6.42. The first-order chi connectivity index (χ1) is 13.5. The van der Waals surface area contributed by atoms with E-state index in [9.17, 15) is 14.0 Å². The Bertz CT molecular complexity index is 835. The highest BCUT2D eigenvalue weighted by Crippen LogP contribution is 2.28. The minimum atomic E-state index is -0.524. The van der Waals surface area contributed by atoms with Crippen LogP contribution in [0, 0.1) is 5.82 Å². The third-order valence-corrected chi connectivity index (χ3v) is 3.78. The second-order valence-corrected chi connectivity index (χ2v) is 5.90. The monoisotopic (exact) mass is 386 g/mol. The van der Waals surface area contributed by atoms with E-state index in [1.807, 2.05) is 0 Å². The maximum absolute atomic E-state index is 12.8. The first kappa shape index (κ1) is 21.0. The summed E-state index contributed by atoms with van der Waals surface area (Å²) in [6.45, 7) is 2.63. The highest BCUT2D eigenvalue weighted by Gasteiger charge is 2.11. The summed E-state index contributed by atoms with van der Waals surface area (Å²) >= 11 is 0. The number of benzene rings is 2. The molecule has 0 aliphatic carbocycles. The van der Waals surface area contributed by atoms with Gasteiger partial charge in [0.15, 0.2) is 11.5 Å². The molecule has 2 aromatic carbocycles. The molecule has 0 unspecified atom stereocenters. The Hall–Kier alpha value is -3.35. The van der Waals surface area contributed by atoms with E-state index in [0.717, 1.165) is 12.8 Å². The van der Waals surface area contributed by atoms with Crippen LogP contribution < -0.4 is 20.3 Å². The third-order valence-electron chi connectivity index (χ3n) is 3.78. The molecule has 0 heterocycles. The first-order valence-corrected chi connectivity index (χ1v) is 8.88. The highest BCUT2D eigenvalue weighted by molar-refractivity contribution is 5.98. The zero-order valence-corrected chi connectivity index (χ0v) is 15.8. The number of hydrazine groups is 1. The number of carbonyl (C=O) groups is 2. The van der Waals surface area contributed by atoms with Gasteiger partial charge in [0.25, 0.3) is 11.8 Å². The molecule has 2 rings (SSSR count). The molecule has 0 radical (unpaired) electrons. The molecule has 2 N–H and O–H groups in total. The van der Waals surface area contributed by atoms with Gasteiger partial charge in [0.1, 0.15) is 5.82 Å². The maximum Gasteiger partial charge on any atom is 0.269 e. The number of methoxy groups -OCH3 is 1. The van der Waals surface area contributed by atoms with E-state index in [-0.39, 0.29) is 5.82 Å². The second-order valence-electron chi connectivity index (χ2n) is 5.90. The minimum absolute atomic E-state index is 0.308. The van der Waals surface area contributed by atoms with Crippen LogP contribution in [0.1, 0.15) is 35.7 Å². The Morgan fingerprint density at radius 1 is 1.07 bits per heavy atom. The molecule has 0 atom stereocenters. The van der Waals surface area contributed by atoms with Crippen molar-refractivity contribution < 1.29 is 23.5 Å². The van der Waals surface area contributed by atoms with Crippen molar-refractivity contribution in [2.45, 2.75) is 19.8 Å². The van der Waals surface area contributed by atoms with E-state index in [1.54, 1.807) is 12.1 Å². The molecule has 148 valence electrons. The number of carbonyl (C=O) groups excluding carboxylic acids is 2. The van der Waals surface area contributed by atoms with Crippen molar-refractivity contribution in [3.8, 4) is 11.5 Å². The van der Waals surface area contributed by atoms with Crippen LogP contribution in [-0.4, -0.2) is 25.5 Å². The smallest absolute Gasteiger partial charge is 0.269 e. The van der Waals surface area contributed by atoms with Crippen LogP contribution in [-0.2, 0) is 4.79 Å². The molecule has 0 saturated carbocycles. The number of hydrogen-bond donors (Lipinski definition) is 2. The van der Waals surface area contributed by atoms with Gasteiger partial charge >= 0.3 is 0 Å². The standard InChI is InChI=1S/C21H23FN2O4/c1-3-4-13-28-18-11-8-16(14-19(18)27-2)21(26)24-23-20(25)12-7-15-5-9-17(22)10-6-15/h5-12,14H,3-4,13H2,1-2H3,(H,23,25)(H,24,26)/b12-7+. The predicted octanol–water partition coefficient (Wildman–Crippen LogP) is 3.49. The van der Waals surface area contributed by atoms with Crippen molar-refractivity contribution >= 4 is 17.9 Å². The van der Waals surface area contributed by atoms with Crippen LogP contribution in [0.5, 0.6) is 11.5 Å². The van der Waals surface area contributed by atoms with Crippen molar-refractivity contribution in [2.24, 2.45) is 0 Å². The summed E-state index contributed by atoms with van der Waals surface area (Å²) in [5, 5.41) is 0. The van der Waals surface area contributed by atoms with Gasteiger partial charge in [-0.15, -0.1) is 0 Å². The SMILES string of the molecule is CCCCOc1ccc(C(=O)NNC(=O)/C=C/c2ccc(F)cc2)cc1OC. The molecule has 0 aliphatic rings. The van der Waals surface area contributed by atoms with Gasteiger partial charge in [-0.05, 0) is 48.4 Å². The Kier molecular flexibility index (Phi) is 8.02. The van der Waals surface area contributed by atoms with Crippen LogP contribution in [0.4, 0.5) is 4.39 Å². The zero-order chi connectivity index (χ0) is 20.4. The summed E-state index contributed by atoms with van der Waals surface area (Å²) in [4.78, 5) is 24.0. The van der Waals surface area contributed by atoms with E-state index in [0.29, 0.717) is 29.2 Å². The van der Waals surface area contributed by atoms with Crippen molar-refractivity contribution in [3.63, 3.8) is 0 Å². The fraction of sp³-hybridized carbons (Fsp3) is 0.238. The average Bonchev–Trinajstić information content (AvgIpc) is 2.71. The Labute approximate surface area is 163 Å². The molecular weight excluding hydrogens is 363 g/mol. The van der Waals surface area contributed by atoms with Gasteiger partial charge in [-0.25, -0.2) is 4.39 Å². The van der Waals surface area contributed by atoms with Crippen LogP contribution in [0.3, 0.4) is 0 Å². The van der Waals surface area contributed by atoms with Crippen molar-refractivity contribution in [3.05, 3.63) is 65.5 Å². The molecule has 0 spiro atoms. The lowest BCUT2D eigenvalue weighted by Gasteiger charge is -2.12. The quantitative estimate of drug-likeness (QED) is 0.414. The van der Waals surface area contributed by atoms with Crippen molar-refractivity contribution in [1.82, 2.24) is 10.9 Å². The molecular formula is C21H23FN2O4. The van der Waals surface area contributed by atoms with E-state index < -0.39 is 11.8 Å². The molecule has 0 fully saturated rings. The zero-order valence-electron chi connectivity index (χ0n) is 15.8. The Morgan fingerprint density at radius 3 is 2.50 bits per heavy atom. The second kappa shape index (κ2) is 10.7. The van der Waals surface area contributed by atoms with Crippen LogP contribution in [0.2, 0.25) is 0 Å². The van der Waals surface area contributed by atoms with Gasteiger partial charge in [0, 0.05) is 11.6 Å². The van der Waals surface area contributed by atoms with Crippen LogP contribution in [0.25, 0.3) is 6.08 Å². The van der Waals surface area contributed by atoms with Gasteiger partial charge < -0.3 is 9.47 Å². The number of ether oxygens (including phenoxy) is 2. The topological polar surface area (TPSA) is 76.7 Å². The lowest BCUT2D eigenvalue weighted by molar-refractivity contribution is -0.117. The lowest BCUT2D eigenvalue weighted by atomic mass is 10.2. The molecule has 7 heteroatoms. The highest BCUT2D eigenvalue weighted by atomic mass is 19.1. The largest absolute Gasteiger partial charge is 0.493 e. The van der Waals surface area contributed by atoms with Gasteiger partial charge in [-0.3, -0.25) is 20.4 Å². The minimum Gasteiger partial charge on any atom is -0.493 e. The van der Waals surface area contributed by atoms with E-state index in [4.69, 9.17) is 9.47 Å². The average molecular weight is 386 g/mol. The number of hydrogen-bond acceptors (Lipinski definition) is 4. The normalized spacial score (nSPS) is 10.5. The summed E-state index contributed by atoms with van der Waals surface area (Å²) in [6.07, 6.45) is 4.67. The van der Waals surface area contributed by atoms with Gasteiger partial charge in [-0.1, -0.05) is 25.5 Å². The van der Waals surface area contributed by atoms with Gasteiger partial charge in [0.05, 0.1) is 13.7 Å².